The average Bonchev–Trinajstić information content (AvgIpc) is 3.47. The van der Waals surface area contributed by atoms with Gasteiger partial charge in [-0.15, -0.1) is 0 Å². The number of carbonyl (C=O) groups excluding carboxylic acids is 1. The summed E-state index contributed by atoms with van der Waals surface area (Å²) >= 11 is 0. The van der Waals surface area contributed by atoms with Gasteiger partial charge in [0.05, 0.1) is 0 Å². The summed E-state index contributed by atoms with van der Waals surface area (Å²) in [6.07, 6.45) is 11.0. The predicted molar refractivity (Wildman–Crippen MR) is 110 cm³/mol. The molecule has 4 rings (SSSR count). The Bertz CT molecular complexity index is 565. The van der Waals surface area contributed by atoms with Gasteiger partial charge < -0.3 is 15.5 Å². The van der Waals surface area contributed by atoms with Gasteiger partial charge in [0.1, 0.15) is 0 Å². The molecule has 1 aliphatic heterocycles. The average molecular weight is 370 g/mol. The first kappa shape index (κ1) is 18.9. The van der Waals surface area contributed by atoms with Gasteiger partial charge in [-0.05, 0) is 62.7 Å². The van der Waals surface area contributed by atoms with E-state index in [0.29, 0.717) is 12.1 Å². The number of nitrogens with zero attached hydrogens (tertiary/aromatic N) is 1. The van der Waals surface area contributed by atoms with Crippen LogP contribution in [0.25, 0.3) is 0 Å². The maximum absolute atomic E-state index is 12.9. The molecule has 2 aliphatic carbocycles. The number of nitrogens with one attached hydrogen (secondary N) is 2. The zero-order chi connectivity index (χ0) is 18.5. The van der Waals surface area contributed by atoms with Crippen LogP contribution in [-0.2, 0) is 0 Å². The lowest BCUT2D eigenvalue weighted by molar-refractivity contribution is 0.0786. The minimum absolute atomic E-state index is 0.174. The van der Waals surface area contributed by atoms with E-state index in [9.17, 15) is 4.79 Å². The lowest BCUT2D eigenvalue weighted by atomic mass is 10.1. The van der Waals surface area contributed by atoms with Gasteiger partial charge in [-0.1, -0.05) is 43.9 Å². The van der Waals surface area contributed by atoms with Gasteiger partial charge in [-0.2, -0.15) is 0 Å². The Morgan fingerprint density at radius 1 is 0.815 bits per heavy atom. The Morgan fingerprint density at radius 3 is 1.78 bits per heavy atom. The molecule has 4 heteroatoms. The lowest BCUT2D eigenvalue weighted by Gasteiger charge is -2.24. The van der Waals surface area contributed by atoms with Gasteiger partial charge in [0.25, 0.3) is 5.91 Å². The van der Waals surface area contributed by atoms with E-state index in [1.165, 1.54) is 51.4 Å². The SMILES string of the molecule is O=C(c1ccccc1)N1C[C@H](NCC2CCCC2)[C@@H](NCC2CCCC2)C1. The van der Waals surface area contributed by atoms with Crippen molar-refractivity contribution in [3.63, 3.8) is 0 Å². The van der Waals surface area contributed by atoms with Crippen LogP contribution in [0.2, 0.25) is 0 Å². The number of rotatable bonds is 7. The first-order valence-corrected chi connectivity index (χ1v) is 11.1. The van der Waals surface area contributed by atoms with Crippen molar-refractivity contribution in [1.29, 1.82) is 0 Å². The summed E-state index contributed by atoms with van der Waals surface area (Å²) in [7, 11) is 0. The molecule has 1 amide bonds. The van der Waals surface area contributed by atoms with Crippen LogP contribution >= 0.6 is 0 Å². The van der Waals surface area contributed by atoms with Crippen molar-refractivity contribution in [1.82, 2.24) is 15.5 Å². The molecule has 0 unspecified atom stereocenters. The number of benzene rings is 1. The fraction of sp³-hybridized carbons (Fsp3) is 0.696. The summed E-state index contributed by atoms with van der Waals surface area (Å²) in [5.74, 6) is 1.84. The molecule has 1 saturated heterocycles. The predicted octanol–water partition coefficient (Wildman–Crippen LogP) is 3.44. The maximum atomic E-state index is 12.9. The van der Waals surface area contributed by atoms with Crippen LogP contribution in [0.3, 0.4) is 0 Å². The highest BCUT2D eigenvalue weighted by molar-refractivity contribution is 5.94. The molecule has 0 aromatic heterocycles. The summed E-state index contributed by atoms with van der Waals surface area (Å²) in [6.45, 7) is 3.87. The fourth-order valence-corrected chi connectivity index (χ4v) is 5.21. The molecule has 1 aromatic carbocycles. The number of carbonyl (C=O) groups is 1. The molecule has 2 atom stereocenters. The monoisotopic (exact) mass is 369 g/mol. The molecule has 1 heterocycles. The van der Waals surface area contributed by atoms with Crippen LogP contribution in [0.15, 0.2) is 30.3 Å². The fourth-order valence-electron chi connectivity index (χ4n) is 5.21. The van der Waals surface area contributed by atoms with E-state index < -0.39 is 0 Å². The van der Waals surface area contributed by atoms with E-state index in [2.05, 4.69) is 10.6 Å². The van der Waals surface area contributed by atoms with E-state index in [0.717, 1.165) is 43.6 Å². The van der Waals surface area contributed by atoms with Crippen LogP contribution in [0.5, 0.6) is 0 Å². The van der Waals surface area contributed by atoms with E-state index in [1.807, 2.05) is 35.2 Å². The molecule has 1 aromatic rings. The van der Waals surface area contributed by atoms with Crippen LogP contribution in [0.1, 0.15) is 61.7 Å². The summed E-state index contributed by atoms with van der Waals surface area (Å²) in [5, 5.41) is 7.66. The largest absolute Gasteiger partial charge is 0.335 e. The summed E-state index contributed by atoms with van der Waals surface area (Å²) < 4.78 is 0. The number of likely N-dealkylation sites (tertiary alicyclic amines) is 1. The second kappa shape index (κ2) is 9.20. The Labute approximate surface area is 164 Å². The summed E-state index contributed by atoms with van der Waals surface area (Å²) in [6, 6.07) is 10.5. The highest BCUT2D eigenvalue weighted by Gasteiger charge is 2.36. The molecule has 148 valence electrons. The number of amides is 1. The molecule has 0 spiro atoms. The van der Waals surface area contributed by atoms with E-state index >= 15 is 0 Å². The summed E-state index contributed by atoms with van der Waals surface area (Å²) in [5.41, 5.74) is 0.809. The molecular formula is C23H35N3O. The molecule has 27 heavy (non-hydrogen) atoms. The Kier molecular flexibility index (Phi) is 6.46. The quantitative estimate of drug-likeness (QED) is 0.774. The van der Waals surface area contributed by atoms with Gasteiger partial charge in [0.15, 0.2) is 0 Å². The Hall–Kier alpha value is -1.39. The van der Waals surface area contributed by atoms with Gasteiger partial charge in [0.2, 0.25) is 0 Å². The third-order valence-corrected chi connectivity index (χ3v) is 6.91. The molecule has 3 aliphatic rings. The molecule has 4 nitrogen and oxygen atoms in total. The highest BCUT2D eigenvalue weighted by atomic mass is 16.2. The van der Waals surface area contributed by atoms with Crippen molar-refractivity contribution in [2.75, 3.05) is 26.2 Å². The van der Waals surface area contributed by atoms with Crippen LogP contribution in [-0.4, -0.2) is 49.1 Å². The van der Waals surface area contributed by atoms with Crippen LogP contribution in [0, 0.1) is 11.8 Å². The van der Waals surface area contributed by atoms with Gasteiger partial charge >= 0.3 is 0 Å². The summed E-state index contributed by atoms with van der Waals surface area (Å²) in [4.78, 5) is 15.0. The first-order valence-electron chi connectivity index (χ1n) is 11.1. The lowest BCUT2D eigenvalue weighted by Crippen LogP contribution is -2.49. The molecule has 2 N–H and O–H groups in total. The van der Waals surface area contributed by atoms with Crippen molar-refractivity contribution >= 4 is 5.91 Å². The Balaban J connectivity index is 1.36. The number of hydrogen-bond acceptors (Lipinski definition) is 3. The topological polar surface area (TPSA) is 44.4 Å². The minimum atomic E-state index is 0.174. The van der Waals surface area contributed by atoms with Crippen molar-refractivity contribution in [2.24, 2.45) is 11.8 Å². The van der Waals surface area contributed by atoms with Gasteiger partial charge in [-0.3, -0.25) is 4.79 Å². The zero-order valence-electron chi connectivity index (χ0n) is 16.5. The smallest absolute Gasteiger partial charge is 0.253 e. The van der Waals surface area contributed by atoms with Crippen molar-refractivity contribution in [3.8, 4) is 0 Å². The normalized spacial score (nSPS) is 26.9. The Morgan fingerprint density at radius 2 is 1.30 bits per heavy atom. The molecule has 2 saturated carbocycles. The molecular weight excluding hydrogens is 334 g/mol. The molecule has 3 fully saturated rings. The van der Waals surface area contributed by atoms with Crippen molar-refractivity contribution in [2.45, 2.75) is 63.5 Å². The zero-order valence-corrected chi connectivity index (χ0v) is 16.5. The van der Waals surface area contributed by atoms with Gasteiger partial charge in [-0.25, -0.2) is 0 Å². The van der Waals surface area contributed by atoms with E-state index in [-0.39, 0.29) is 5.91 Å². The second-order valence-electron chi connectivity index (χ2n) is 8.91. The van der Waals surface area contributed by atoms with Crippen molar-refractivity contribution in [3.05, 3.63) is 35.9 Å². The van der Waals surface area contributed by atoms with Crippen molar-refractivity contribution < 1.29 is 4.79 Å². The third-order valence-electron chi connectivity index (χ3n) is 6.91. The highest BCUT2D eigenvalue weighted by Crippen LogP contribution is 2.26. The van der Waals surface area contributed by atoms with E-state index in [4.69, 9.17) is 0 Å². The van der Waals surface area contributed by atoms with Crippen LogP contribution < -0.4 is 10.6 Å². The molecule has 0 radical (unpaired) electrons. The second-order valence-corrected chi connectivity index (χ2v) is 8.91. The first-order chi connectivity index (χ1) is 13.3. The maximum Gasteiger partial charge on any atom is 0.253 e. The van der Waals surface area contributed by atoms with E-state index in [1.54, 1.807) is 0 Å². The van der Waals surface area contributed by atoms with Gasteiger partial charge in [0, 0.05) is 30.7 Å². The third kappa shape index (κ3) is 4.91. The van der Waals surface area contributed by atoms with Crippen LogP contribution in [0.4, 0.5) is 0 Å². The standard InChI is InChI=1S/C23H35N3O/c27-23(20-12-2-1-3-13-20)26-16-21(24-14-18-8-4-5-9-18)22(17-26)25-15-19-10-6-7-11-19/h1-3,12-13,18-19,21-22,24-25H,4-11,14-17H2/t21-,22-/m0/s1. The molecule has 0 bridgehead atoms. The number of hydrogen-bond donors (Lipinski definition) is 2. The minimum Gasteiger partial charge on any atom is -0.335 e.